The molecule has 1 saturated heterocycles. The van der Waals surface area contributed by atoms with Gasteiger partial charge in [0.05, 0.1) is 0 Å². The van der Waals surface area contributed by atoms with Crippen molar-refractivity contribution < 1.29 is 4.79 Å². The van der Waals surface area contributed by atoms with Crippen molar-refractivity contribution in [1.82, 2.24) is 14.8 Å². The number of nitrogens with one attached hydrogen (secondary N) is 1. The second kappa shape index (κ2) is 4.70. The number of fused-ring (bicyclic) bond motifs is 1. The van der Waals surface area contributed by atoms with Crippen LogP contribution in [0.25, 0.3) is 10.9 Å². The zero-order valence-electron chi connectivity index (χ0n) is 11.4. The van der Waals surface area contributed by atoms with Crippen LogP contribution in [-0.4, -0.2) is 53.9 Å². The predicted molar refractivity (Wildman–Crippen MR) is 76.3 cm³/mol. The fourth-order valence-corrected chi connectivity index (χ4v) is 2.71. The normalized spacial score (nSPS) is 19.5. The van der Waals surface area contributed by atoms with Gasteiger partial charge in [0, 0.05) is 36.4 Å². The maximum absolute atomic E-state index is 12.5. The van der Waals surface area contributed by atoms with Crippen LogP contribution in [0.5, 0.6) is 0 Å². The Hall–Kier alpha value is -1.81. The number of hydrogen-bond acceptors (Lipinski definition) is 2. The molecule has 100 valence electrons. The van der Waals surface area contributed by atoms with Crippen LogP contribution >= 0.6 is 0 Å². The molecule has 0 saturated carbocycles. The van der Waals surface area contributed by atoms with E-state index < -0.39 is 0 Å². The number of rotatable bonds is 2. The van der Waals surface area contributed by atoms with E-state index in [4.69, 9.17) is 0 Å². The first-order chi connectivity index (χ1) is 9.15. The van der Waals surface area contributed by atoms with Gasteiger partial charge in [0.1, 0.15) is 0 Å². The SMILES string of the molecule is CN(C)C1CCN(C(=O)c2ccc3cc[nH]c3c2)C1. The number of aromatic nitrogens is 1. The molecule has 0 radical (unpaired) electrons. The van der Waals surface area contributed by atoms with Gasteiger partial charge in [0.2, 0.25) is 0 Å². The van der Waals surface area contributed by atoms with Gasteiger partial charge in [0.25, 0.3) is 5.91 Å². The number of carbonyl (C=O) groups is 1. The molecule has 2 heterocycles. The van der Waals surface area contributed by atoms with Crippen LogP contribution < -0.4 is 0 Å². The van der Waals surface area contributed by atoms with Crippen LogP contribution in [-0.2, 0) is 0 Å². The molecule has 4 nitrogen and oxygen atoms in total. The van der Waals surface area contributed by atoms with Crippen molar-refractivity contribution in [3.8, 4) is 0 Å². The van der Waals surface area contributed by atoms with E-state index in [0.717, 1.165) is 36.0 Å². The van der Waals surface area contributed by atoms with Crippen LogP contribution in [0.2, 0.25) is 0 Å². The summed E-state index contributed by atoms with van der Waals surface area (Å²) in [5, 5.41) is 1.14. The van der Waals surface area contributed by atoms with Crippen LogP contribution in [0.1, 0.15) is 16.8 Å². The number of amides is 1. The van der Waals surface area contributed by atoms with Gasteiger partial charge in [-0.25, -0.2) is 0 Å². The Labute approximate surface area is 113 Å². The molecule has 1 aliphatic heterocycles. The van der Waals surface area contributed by atoms with Gasteiger partial charge < -0.3 is 14.8 Å². The lowest BCUT2D eigenvalue weighted by atomic mass is 10.1. The van der Waals surface area contributed by atoms with Crippen LogP contribution in [0, 0.1) is 0 Å². The Morgan fingerprint density at radius 3 is 2.95 bits per heavy atom. The Morgan fingerprint density at radius 2 is 2.21 bits per heavy atom. The van der Waals surface area contributed by atoms with Crippen molar-refractivity contribution in [2.75, 3.05) is 27.2 Å². The lowest BCUT2D eigenvalue weighted by molar-refractivity contribution is 0.0783. The molecule has 19 heavy (non-hydrogen) atoms. The smallest absolute Gasteiger partial charge is 0.253 e. The molecule has 1 aromatic carbocycles. The molecule has 0 aliphatic carbocycles. The number of likely N-dealkylation sites (tertiary alicyclic amines) is 1. The topological polar surface area (TPSA) is 39.3 Å². The van der Waals surface area contributed by atoms with Crippen LogP contribution in [0.3, 0.4) is 0 Å². The Morgan fingerprint density at radius 1 is 1.37 bits per heavy atom. The number of likely N-dealkylation sites (N-methyl/N-ethyl adjacent to an activating group) is 1. The number of benzene rings is 1. The number of aromatic amines is 1. The first-order valence-electron chi connectivity index (χ1n) is 6.68. The van der Waals surface area contributed by atoms with E-state index in [9.17, 15) is 4.79 Å². The van der Waals surface area contributed by atoms with Gasteiger partial charge in [-0.05, 0) is 44.1 Å². The second-order valence-electron chi connectivity index (χ2n) is 5.44. The highest BCUT2D eigenvalue weighted by molar-refractivity contribution is 5.98. The minimum Gasteiger partial charge on any atom is -0.361 e. The summed E-state index contributed by atoms with van der Waals surface area (Å²) in [5.74, 6) is 0.140. The van der Waals surface area contributed by atoms with Crippen LogP contribution in [0.15, 0.2) is 30.5 Å². The van der Waals surface area contributed by atoms with Crippen molar-refractivity contribution >= 4 is 16.8 Å². The maximum atomic E-state index is 12.5. The number of carbonyl (C=O) groups excluding carboxylic acids is 1. The van der Waals surface area contributed by atoms with Gasteiger partial charge in [-0.3, -0.25) is 4.79 Å². The molecular formula is C15H19N3O. The summed E-state index contributed by atoms with van der Waals surface area (Å²) in [4.78, 5) is 19.8. The summed E-state index contributed by atoms with van der Waals surface area (Å²) >= 11 is 0. The molecule has 1 unspecified atom stereocenters. The summed E-state index contributed by atoms with van der Waals surface area (Å²) in [5.41, 5.74) is 1.79. The van der Waals surface area contributed by atoms with Crippen molar-refractivity contribution in [2.45, 2.75) is 12.5 Å². The fourth-order valence-electron chi connectivity index (χ4n) is 2.71. The summed E-state index contributed by atoms with van der Waals surface area (Å²) in [6.45, 7) is 1.68. The van der Waals surface area contributed by atoms with E-state index in [1.54, 1.807) is 0 Å². The molecule has 2 aromatic rings. The number of hydrogen-bond donors (Lipinski definition) is 1. The molecule has 3 rings (SSSR count). The summed E-state index contributed by atoms with van der Waals surface area (Å²) in [6, 6.07) is 8.36. The average Bonchev–Trinajstić information content (AvgIpc) is 3.06. The third-order valence-electron chi connectivity index (χ3n) is 3.98. The van der Waals surface area contributed by atoms with Gasteiger partial charge in [-0.1, -0.05) is 6.07 Å². The second-order valence-corrected chi connectivity index (χ2v) is 5.44. The number of nitrogens with zero attached hydrogens (tertiary/aromatic N) is 2. The highest BCUT2D eigenvalue weighted by Crippen LogP contribution is 2.19. The summed E-state index contributed by atoms with van der Waals surface area (Å²) in [7, 11) is 4.15. The first kappa shape index (κ1) is 12.2. The zero-order chi connectivity index (χ0) is 13.4. The third kappa shape index (κ3) is 2.24. The van der Waals surface area contributed by atoms with E-state index >= 15 is 0 Å². The van der Waals surface area contributed by atoms with E-state index in [1.807, 2.05) is 35.4 Å². The van der Waals surface area contributed by atoms with Crippen LogP contribution in [0.4, 0.5) is 0 Å². The summed E-state index contributed by atoms with van der Waals surface area (Å²) < 4.78 is 0. The molecule has 1 fully saturated rings. The van der Waals surface area contributed by atoms with Crippen molar-refractivity contribution in [3.05, 3.63) is 36.0 Å². The highest BCUT2D eigenvalue weighted by Gasteiger charge is 2.28. The molecule has 1 aliphatic rings. The van der Waals surface area contributed by atoms with Gasteiger partial charge in [0.15, 0.2) is 0 Å². The minimum absolute atomic E-state index is 0.140. The lowest BCUT2D eigenvalue weighted by Gasteiger charge is -2.20. The van der Waals surface area contributed by atoms with E-state index in [0.29, 0.717) is 6.04 Å². The van der Waals surface area contributed by atoms with Gasteiger partial charge >= 0.3 is 0 Å². The Balaban J connectivity index is 1.80. The Kier molecular flexibility index (Phi) is 3.03. The van der Waals surface area contributed by atoms with E-state index in [2.05, 4.69) is 24.0 Å². The average molecular weight is 257 g/mol. The standard InChI is InChI=1S/C15H19N3O/c1-17(2)13-6-8-18(10-13)15(19)12-4-3-11-5-7-16-14(11)9-12/h3-5,7,9,13,16H,6,8,10H2,1-2H3. The van der Waals surface area contributed by atoms with Crippen molar-refractivity contribution in [2.24, 2.45) is 0 Å². The fraction of sp³-hybridized carbons (Fsp3) is 0.400. The largest absolute Gasteiger partial charge is 0.361 e. The maximum Gasteiger partial charge on any atom is 0.253 e. The zero-order valence-corrected chi connectivity index (χ0v) is 11.4. The minimum atomic E-state index is 0.140. The van der Waals surface area contributed by atoms with E-state index in [1.165, 1.54) is 0 Å². The summed E-state index contributed by atoms with van der Waals surface area (Å²) in [6.07, 6.45) is 2.96. The molecule has 1 atom stereocenters. The molecule has 1 amide bonds. The van der Waals surface area contributed by atoms with Gasteiger partial charge in [-0.2, -0.15) is 0 Å². The highest BCUT2D eigenvalue weighted by atomic mass is 16.2. The molecular weight excluding hydrogens is 238 g/mol. The molecule has 1 N–H and O–H groups in total. The lowest BCUT2D eigenvalue weighted by Crippen LogP contribution is -2.34. The number of H-pyrrole nitrogens is 1. The third-order valence-corrected chi connectivity index (χ3v) is 3.98. The Bertz CT molecular complexity index is 602. The molecule has 0 spiro atoms. The van der Waals surface area contributed by atoms with E-state index in [-0.39, 0.29) is 5.91 Å². The van der Waals surface area contributed by atoms with Gasteiger partial charge in [-0.15, -0.1) is 0 Å². The quantitative estimate of drug-likeness (QED) is 0.893. The van der Waals surface area contributed by atoms with Crippen molar-refractivity contribution in [3.63, 3.8) is 0 Å². The molecule has 1 aromatic heterocycles. The first-order valence-corrected chi connectivity index (χ1v) is 6.68. The van der Waals surface area contributed by atoms with Crippen molar-refractivity contribution in [1.29, 1.82) is 0 Å². The molecule has 4 heteroatoms. The monoisotopic (exact) mass is 257 g/mol. The predicted octanol–water partition coefficient (Wildman–Crippen LogP) is 1.94. The molecule has 0 bridgehead atoms.